The highest BCUT2D eigenvalue weighted by Crippen LogP contribution is 2.42. The summed E-state index contributed by atoms with van der Waals surface area (Å²) in [6.07, 6.45) is 0. The van der Waals surface area contributed by atoms with Crippen LogP contribution in [-0.2, 0) is 0 Å². The summed E-state index contributed by atoms with van der Waals surface area (Å²) in [5.41, 5.74) is -1.35. The zero-order valence-electron chi connectivity index (χ0n) is 5.91. The van der Waals surface area contributed by atoms with Gasteiger partial charge in [-0.2, -0.15) is 4.39 Å². The van der Waals surface area contributed by atoms with Crippen molar-refractivity contribution >= 4 is 40.8 Å². The molecule has 6 heteroatoms. The van der Waals surface area contributed by atoms with E-state index in [1.54, 1.807) is 0 Å². The predicted molar refractivity (Wildman–Crippen MR) is 46.4 cm³/mol. The van der Waals surface area contributed by atoms with Gasteiger partial charge in [-0.3, -0.25) is 0 Å². The van der Waals surface area contributed by atoms with Crippen molar-refractivity contribution < 1.29 is 8.78 Å². The molecule has 0 aromatic heterocycles. The fourth-order valence-electron chi connectivity index (χ4n) is 0.717. The van der Waals surface area contributed by atoms with Gasteiger partial charge < -0.3 is 0 Å². The minimum absolute atomic E-state index is 0.154. The Bertz CT molecular complexity index is 272. The normalized spacial score (nSPS) is 28.8. The summed E-state index contributed by atoms with van der Waals surface area (Å²) in [5, 5.41) is 0. The van der Waals surface area contributed by atoms with E-state index in [0.29, 0.717) is 0 Å². The first kappa shape index (κ1) is 10.2. The van der Waals surface area contributed by atoms with E-state index in [1.165, 1.54) is 6.92 Å². The van der Waals surface area contributed by atoms with E-state index in [1.807, 2.05) is 0 Å². The first-order valence-electron chi connectivity index (χ1n) is 2.99. The molecule has 1 aliphatic heterocycles. The van der Waals surface area contributed by atoms with Crippen LogP contribution in [0.25, 0.3) is 0 Å². The molecule has 0 aromatic carbocycles. The van der Waals surface area contributed by atoms with Crippen molar-refractivity contribution in [2.45, 2.75) is 16.8 Å². The average Bonchev–Trinajstić information content (AvgIpc) is 1.99. The van der Waals surface area contributed by atoms with Crippen molar-refractivity contribution in [3.8, 4) is 0 Å². The Labute approximate surface area is 83.0 Å². The maximum Gasteiger partial charge on any atom is 0.246 e. The SMILES string of the molecule is CC1=C(F)C(F)=NC(Cl)C1(Cl)Cl. The van der Waals surface area contributed by atoms with Gasteiger partial charge in [0.15, 0.2) is 15.7 Å². The second kappa shape index (κ2) is 3.13. The van der Waals surface area contributed by atoms with E-state index in [-0.39, 0.29) is 5.57 Å². The summed E-state index contributed by atoms with van der Waals surface area (Å²) in [7, 11) is 0. The minimum Gasteiger partial charge on any atom is -0.232 e. The molecule has 0 saturated heterocycles. The van der Waals surface area contributed by atoms with E-state index in [9.17, 15) is 8.78 Å². The molecule has 1 atom stereocenters. The third-order valence-corrected chi connectivity index (χ3v) is 3.16. The summed E-state index contributed by atoms with van der Waals surface area (Å²) in [6, 6.07) is 0. The third-order valence-electron chi connectivity index (χ3n) is 1.54. The number of hydrogen-bond donors (Lipinski definition) is 0. The summed E-state index contributed by atoms with van der Waals surface area (Å²) in [6.45, 7) is 1.26. The Balaban J connectivity index is 3.18. The molecule has 0 saturated carbocycles. The molecule has 1 rings (SSSR count). The van der Waals surface area contributed by atoms with Gasteiger partial charge in [0, 0.05) is 5.57 Å². The van der Waals surface area contributed by atoms with E-state index in [0.717, 1.165) is 0 Å². The Morgan fingerprint density at radius 2 is 1.92 bits per heavy atom. The Kier molecular flexibility index (Phi) is 2.66. The fourth-order valence-corrected chi connectivity index (χ4v) is 1.23. The van der Waals surface area contributed by atoms with Gasteiger partial charge in [-0.15, -0.1) is 0 Å². The highest BCUT2D eigenvalue weighted by atomic mass is 35.5. The van der Waals surface area contributed by atoms with Gasteiger partial charge in [0.05, 0.1) is 0 Å². The molecule has 1 heterocycles. The molecule has 68 valence electrons. The number of rotatable bonds is 0. The lowest BCUT2D eigenvalue weighted by Crippen LogP contribution is -2.31. The monoisotopic (exact) mass is 233 g/mol. The highest BCUT2D eigenvalue weighted by molar-refractivity contribution is 6.54. The van der Waals surface area contributed by atoms with Crippen molar-refractivity contribution in [2.24, 2.45) is 4.99 Å². The molecule has 12 heavy (non-hydrogen) atoms. The lowest BCUT2D eigenvalue weighted by molar-refractivity contribution is 0.592. The average molecular weight is 234 g/mol. The zero-order chi connectivity index (χ0) is 9.52. The van der Waals surface area contributed by atoms with E-state index >= 15 is 0 Å². The molecule has 0 aromatic rings. The lowest BCUT2D eigenvalue weighted by Gasteiger charge is -2.26. The maximum atomic E-state index is 12.8. The topological polar surface area (TPSA) is 12.4 Å². The molecular formula is C6H4Cl3F2N. The van der Waals surface area contributed by atoms with Gasteiger partial charge in [0.25, 0.3) is 0 Å². The van der Waals surface area contributed by atoms with Crippen LogP contribution < -0.4 is 0 Å². The van der Waals surface area contributed by atoms with Crippen LogP contribution in [0.1, 0.15) is 6.92 Å². The quantitative estimate of drug-likeness (QED) is 0.450. The van der Waals surface area contributed by atoms with Gasteiger partial charge in [0.2, 0.25) is 5.97 Å². The van der Waals surface area contributed by atoms with Gasteiger partial charge in [0.1, 0.15) is 0 Å². The standard InChI is InChI=1S/C6H4Cl3F2N/c1-2-3(10)4(11)12-5(7)6(2,8)9/h5H,1H3. The summed E-state index contributed by atoms with van der Waals surface area (Å²) in [5.74, 6) is -2.40. The van der Waals surface area contributed by atoms with Crippen LogP contribution in [0.2, 0.25) is 0 Å². The highest BCUT2D eigenvalue weighted by Gasteiger charge is 2.42. The van der Waals surface area contributed by atoms with Crippen LogP contribution in [0.4, 0.5) is 8.78 Å². The van der Waals surface area contributed by atoms with Crippen molar-refractivity contribution in [1.29, 1.82) is 0 Å². The van der Waals surface area contributed by atoms with Crippen LogP contribution >= 0.6 is 34.8 Å². The van der Waals surface area contributed by atoms with Crippen molar-refractivity contribution in [3.05, 3.63) is 11.4 Å². The number of allylic oxidation sites excluding steroid dienone is 1. The molecule has 1 aliphatic rings. The van der Waals surface area contributed by atoms with Crippen LogP contribution in [-0.4, -0.2) is 15.8 Å². The lowest BCUT2D eigenvalue weighted by atomic mass is 10.1. The van der Waals surface area contributed by atoms with Crippen LogP contribution in [0.15, 0.2) is 16.4 Å². The molecule has 0 N–H and O–H groups in total. The van der Waals surface area contributed by atoms with Crippen molar-refractivity contribution in [1.82, 2.24) is 0 Å². The second-order valence-electron chi connectivity index (χ2n) is 2.32. The van der Waals surface area contributed by atoms with Gasteiger partial charge in [-0.25, -0.2) is 9.38 Å². The molecule has 0 aliphatic carbocycles. The van der Waals surface area contributed by atoms with Crippen LogP contribution in [0.5, 0.6) is 0 Å². The van der Waals surface area contributed by atoms with E-state index in [4.69, 9.17) is 34.8 Å². The Hall–Kier alpha value is 0.140. The van der Waals surface area contributed by atoms with E-state index in [2.05, 4.69) is 4.99 Å². The second-order valence-corrected chi connectivity index (χ2v) is 4.12. The Morgan fingerprint density at radius 1 is 1.42 bits per heavy atom. The van der Waals surface area contributed by atoms with Crippen molar-refractivity contribution in [2.75, 3.05) is 0 Å². The molecular weight excluding hydrogens is 230 g/mol. The van der Waals surface area contributed by atoms with Crippen LogP contribution in [0, 0.1) is 0 Å². The van der Waals surface area contributed by atoms with Gasteiger partial charge in [-0.05, 0) is 6.92 Å². The number of dihydropyridines is 1. The molecule has 0 bridgehead atoms. The molecule has 1 unspecified atom stereocenters. The number of hydrogen-bond acceptors (Lipinski definition) is 1. The first-order chi connectivity index (χ1) is 5.37. The summed E-state index contributed by atoms with van der Waals surface area (Å²) in [4.78, 5) is 3.09. The maximum absolute atomic E-state index is 12.8. The Morgan fingerprint density at radius 3 is 2.42 bits per heavy atom. The largest absolute Gasteiger partial charge is 0.246 e. The molecule has 0 spiro atoms. The predicted octanol–water partition coefficient (Wildman–Crippen LogP) is 3.35. The fraction of sp³-hybridized carbons (Fsp3) is 0.500. The third kappa shape index (κ3) is 1.45. The number of alkyl halides is 3. The first-order valence-corrected chi connectivity index (χ1v) is 4.19. The van der Waals surface area contributed by atoms with Crippen molar-refractivity contribution in [3.63, 3.8) is 0 Å². The van der Waals surface area contributed by atoms with E-state index < -0.39 is 21.6 Å². The summed E-state index contributed by atoms with van der Waals surface area (Å²) >= 11 is 16.7. The van der Waals surface area contributed by atoms with Gasteiger partial charge in [-0.1, -0.05) is 34.8 Å². The van der Waals surface area contributed by atoms with Crippen LogP contribution in [0.3, 0.4) is 0 Å². The smallest absolute Gasteiger partial charge is 0.232 e. The minimum atomic E-state index is -1.67. The zero-order valence-corrected chi connectivity index (χ0v) is 8.18. The number of nitrogens with zero attached hydrogens (tertiary/aromatic N) is 1. The number of aliphatic imine (C=N–C) groups is 1. The number of halogens is 5. The molecule has 1 nitrogen and oxygen atoms in total. The molecule has 0 fully saturated rings. The molecule has 0 amide bonds. The summed E-state index contributed by atoms with van der Waals surface area (Å²) < 4.78 is 23.7. The molecule has 0 radical (unpaired) electrons. The van der Waals surface area contributed by atoms with Gasteiger partial charge >= 0.3 is 0 Å².